The van der Waals surface area contributed by atoms with Gasteiger partial charge in [0, 0.05) is 14.9 Å². The second-order valence-electron chi connectivity index (χ2n) is 7.00. The molecule has 7 nitrogen and oxygen atoms in total. The number of rotatable bonds is 6. The molecule has 0 saturated carbocycles. The second kappa shape index (κ2) is 11.7. The van der Waals surface area contributed by atoms with Crippen molar-refractivity contribution in [1.82, 2.24) is 10.9 Å². The standard InChI is InChI=1S/C23H21BrClN3O4S2/c1-12(32-17-10-9-15(24)11-16(17)25)20(29)27-28-23(33)26-21-19(22(30)31-3)18(13(2)34-21)14-7-5-4-6-8-14/h4-12H,1-3H3,(H,27,29)(H2,26,28,33)/t12-/m0/s1. The van der Waals surface area contributed by atoms with Crippen molar-refractivity contribution in [3.63, 3.8) is 0 Å². The number of methoxy groups -OCH3 is 1. The van der Waals surface area contributed by atoms with Crippen LogP contribution in [0.2, 0.25) is 5.02 Å². The third-order valence-corrected chi connectivity index (χ3v) is 6.64. The van der Waals surface area contributed by atoms with Crippen LogP contribution in [0, 0.1) is 6.92 Å². The van der Waals surface area contributed by atoms with E-state index in [9.17, 15) is 9.59 Å². The average Bonchev–Trinajstić information content (AvgIpc) is 3.14. The fourth-order valence-electron chi connectivity index (χ4n) is 3.05. The number of hydrogen-bond donors (Lipinski definition) is 3. The van der Waals surface area contributed by atoms with Gasteiger partial charge < -0.3 is 14.8 Å². The summed E-state index contributed by atoms with van der Waals surface area (Å²) in [5.74, 6) is -0.590. The van der Waals surface area contributed by atoms with Gasteiger partial charge in [-0.25, -0.2) is 4.79 Å². The highest BCUT2D eigenvalue weighted by Gasteiger charge is 2.25. The van der Waals surface area contributed by atoms with Crippen molar-refractivity contribution in [3.05, 3.63) is 68.5 Å². The number of hydrazine groups is 1. The van der Waals surface area contributed by atoms with E-state index in [0.717, 1.165) is 20.5 Å². The molecule has 2 aromatic carbocycles. The average molecular weight is 583 g/mol. The van der Waals surface area contributed by atoms with Crippen molar-refractivity contribution in [2.24, 2.45) is 0 Å². The van der Waals surface area contributed by atoms with E-state index in [1.165, 1.54) is 18.4 Å². The Kier molecular flexibility index (Phi) is 8.90. The van der Waals surface area contributed by atoms with Crippen LogP contribution in [0.4, 0.5) is 5.00 Å². The van der Waals surface area contributed by atoms with E-state index in [-0.39, 0.29) is 5.11 Å². The highest BCUT2D eigenvalue weighted by atomic mass is 79.9. The maximum atomic E-state index is 12.6. The van der Waals surface area contributed by atoms with Gasteiger partial charge >= 0.3 is 5.97 Å². The minimum Gasteiger partial charge on any atom is -0.479 e. The van der Waals surface area contributed by atoms with E-state index in [0.29, 0.717) is 21.3 Å². The number of aryl methyl sites for hydroxylation is 1. The number of carbonyl (C=O) groups is 2. The Bertz CT molecular complexity index is 1220. The largest absolute Gasteiger partial charge is 0.479 e. The summed E-state index contributed by atoms with van der Waals surface area (Å²) in [6, 6.07) is 14.6. The predicted molar refractivity (Wildman–Crippen MR) is 143 cm³/mol. The molecular formula is C23H21BrClN3O4S2. The summed E-state index contributed by atoms with van der Waals surface area (Å²) in [4.78, 5) is 25.9. The van der Waals surface area contributed by atoms with Gasteiger partial charge in [0.25, 0.3) is 5.91 Å². The summed E-state index contributed by atoms with van der Waals surface area (Å²) in [5, 5.41) is 3.94. The zero-order valence-electron chi connectivity index (χ0n) is 18.4. The van der Waals surface area contributed by atoms with E-state index in [4.69, 9.17) is 33.3 Å². The molecular weight excluding hydrogens is 562 g/mol. The van der Waals surface area contributed by atoms with Crippen LogP contribution in [0.25, 0.3) is 11.1 Å². The van der Waals surface area contributed by atoms with Gasteiger partial charge in [-0.2, -0.15) is 0 Å². The molecule has 34 heavy (non-hydrogen) atoms. The van der Waals surface area contributed by atoms with Crippen molar-refractivity contribution >= 4 is 73.1 Å². The fraction of sp³-hybridized carbons (Fsp3) is 0.174. The molecule has 0 radical (unpaired) electrons. The molecule has 3 rings (SSSR count). The van der Waals surface area contributed by atoms with Crippen molar-refractivity contribution in [2.75, 3.05) is 12.4 Å². The van der Waals surface area contributed by atoms with Gasteiger partial charge in [0.15, 0.2) is 11.2 Å². The minimum atomic E-state index is -0.853. The van der Waals surface area contributed by atoms with Gasteiger partial charge in [-0.05, 0) is 49.8 Å². The van der Waals surface area contributed by atoms with Crippen LogP contribution in [-0.2, 0) is 9.53 Å². The molecule has 0 saturated heterocycles. The topological polar surface area (TPSA) is 88.7 Å². The number of ether oxygens (including phenoxy) is 2. The Morgan fingerprint density at radius 3 is 2.50 bits per heavy atom. The number of thiophene rings is 1. The number of hydrogen-bond acceptors (Lipinski definition) is 6. The Morgan fingerprint density at radius 1 is 1.15 bits per heavy atom. The number of halogens is 2. The number of anilines is 1. The second-order valence-corrected chi connectivity index (χ2v) is 9.95. The summed E-state index contributed by atoms with van der Waals surface area (Å²) in [5.41, 5.74) is 7.13. The molecule has 11 heteroatoms. The van der Waals surface area contributed by atoms with Crippen molar-refractivity contribution in [3.8, 4) is 16.9 Å². The molecule has 1 amide bonds. The molecule has 0 aliphatic heterocycles. The molecule has 3 N–H and O–H groups in total. The Labute approximate surface area is 219 Å². The van der Waals surface area contributed by atoms with Crippen LogP contribution in [-0.4, -0.2) is 30.2 Å². The van der Waals surface area contributed by atoms with Crippen molar-refractivity contribution in [2.45, 2.75) is 20.0 Å². The van der Waals surface area contributed by atoms with E-state index in [1.807, 2.05) is 37.3 Å². The van der Waals surface area contributed by atoms with Gasteiger partial charge in [-0.1, -0.05) is 57.9 Å². The highest BCUT2D eigenvalue weighted by molar-refractivity contribution is 9.10. The molecule has 1 atom stereocenters. The van der Waals surface area contributed by atoms with Crippen LogP contribution in [0.3, 0.4) is 0 Å². The fourth-order valence-corrected chi connectivity index (χ4v) is 5.06. The number of nitrogens with one attached hydrogen (secondary N) is 3. The molecule has 1 heterocycles. The molecule has 0 spiro atoms. The lowest BCUT2D eigenvalue weighted by Gasteiger charge is -2.17. The highest BCUT2D eigenvalue weighted by Crippen LogP contribution is 2.40. The molecule has 0 fully saturated rings. The molecule has 0 aliphatic rings. The Morgan fingerprint density at radius 2 is 1.85 bits per heavy atom. The molecule has 178 valence electrons. The molecule has 0 aliphatic carbocycles. The number of amides is 1. The number of carbonyl (C=O) groups excluding carboxylic acids is 2. The zero-order chi connectivity index (χ0) is 24.8. The minimum absolute atomic E-state index is 0.0910. The smallest absolute Gasteiger partial charge is 0.341 e. The number of benzene rings is 2. The molecule has 1 aromatic heterocycles. The summed E-state index contributed by atoms with van der Waals surface area (Å²) in [6.07, 6.45) is -0.853. The van der Waals surface area contributed by atoms with Gasteiger partial charge in [0.05, 0.1) is 12.1 Å². The van der Waals surface area contributed by atoms with E-state index < -0.39 is 18.0 Å². The molecule has 0 unspecified atom stereocenters. The van der Waals surface area contributed by atoms with Crippen LogP contribution in [0.15, 0.2) is 53.0 Å². The first kappa shape index (κ1) is 26.0. The van der Waals surface area contributed by atoms with E-state index in [2.05, 4.69) is 32.1 Å². The zero-order valence-corrected chi connectivity index (χ0v) is 22.4. The van der Waals surface area contributed by atoms with Crippen LogP contribution >= 0.6 is 51.1 Å². The third-order valence-electron chi connectivity index (χ3n) is 4.63. The third kappa shape index (κ3) is 6.26. The number of thiocarbonyl (C=S) groups is 1. The van der Waals surface area contributed by atoms with Crippen LogP contribution in [0.1, 0.15) is 22.2 Å². The normalized spacial score (nSPS) is 11.3. The monoisotopic (exact) mass is 581 g/mol. The summed E-state index contributed by atoms with van der Waals surface area (Å²) < 4.78 is 11.4. The SMILES string of the molecule is COC(=O)c1c(NC(=S)NNC(=O)[C@H](C)Oc2ccc(Br)cc2Cl)sc(C)c1-c1ccccc1. The summed E-state index contributed by atoms with van der Waals surface area (Å²) in [6.45, 7) is 3.49. The quantitative estimate of drug-likeness (QED) is 0.195. The van der Waals surface area contributed by atoms with Crippen molar-refractivity contribution in [1.29, 1.82) is 0 Å². The summed E-state index contributed by atoms with van der Waals surface area (Å²) in [7, 11) is 1.32. The Hall–Kier alpha value is -2.66. The van der Waals surface area contributed by atoms with Crippen molar-refractivity contribution < 1.29 is 19.1 Å². The van der Waals surface area contributed by atoms with Gasteiger partial charge in [-0.15, -0.1) is 11.3 Å². The number of esters is 1. The molecule has 0 bridgehead atoms. The van der Waals surface area contributed by atoms with E-state index in [1.54, 1.807) is 25.1 Å². The van der Waals surface area contributed by atoms with Gasteiger partial charge in [-0.3, -0.25) is 15.6 Å². The van der Waals surface area contributed by atoms with Gasteiger partial charge in [0.2, 0.25) is 0 Å². The first-order chi connectivity index (χ1) is 16.2. The van der Waals surface area contributed by atoms with Crippen LogP contribution < -0.4 is 20.9 Å². The van der Waals surface area contributed by atoms with Gasteiger partial charge in [0.1, 0.15) is 16.3 Å². The lowest BCUT2D eigenvalue weighted by Crippen LogP contribution is -2.48. The molecule has 3 aromatic rings. The lowest BCUT2D eigenvalue weighted by molar-refractivity contribution is -0.127. The van der Waals surface area contributed by atoms with E-state index >= 15 is 0 Å². The maximum Gasteiger partial charge on any atom is 0.341 e. The Balaban J connectivity index is 1.67. The summed E-state index contributed by atoms with van der Waals surface area (Å²) >= 11 is 16.1. The first-order valence-electron chi connectivity index (χ1n) is 9.97. The lowest BCUT2D eigenvalue weighted by atomic mass is 10.0. The maximum absolute atomic E-state index is 12.6. The van der Waals surface area contributed by atoms with Crippen LogP contribution in [0.5, 0.6) is 5.75 Å². The predicted octanol–water partition coefficient (Wildman–Crippen LogP) is 5.71. The first-order valence-corrected chi connectivity index (χ1v) is 12.4.